The first-order chi connectivity index (χ1) is 14.7. The Labute approximate surface area is 179 Å². The maximum atomic E-state index is 13.3. The van der Waals surface area contributed by atoms with Crippen molar-refractivity contribution in [3.05, 3.63) is 29.3 Å². The Balaban J connectivity index is 1.70. The zero-order chi connectivity index (χ0) is 22.8. The molecule has 2 atom stereocenters. The molecule has 1 aromatic carbocycles. The van der Waals surface area contributed by atoms with Crippen molar-refractivity contribution in [1.82, 2.24) is 4.90 Å². The van der Waals surface area contributed by atoms with Crippen LogP contribution in [0.2, 0.25) is 0 Å². The monoisotopic (exact) mass is 436 g/mol. The van der Waals surface area contributed by atoms with Gasteiger partial charge in [-0.2, -0.15) is 18.4 Å². The number of amides is 2. The van der Waals surface area contributed by atoms with Gasteiger partial charge in [0.15, 0.2) is 0 Å². The highest BCUT2D eigenvalue weighted by Gasteiger charge is 2.43. The number of nitriles is 1. The molecule has 0 saturated carbocycles. The maximum Gasteiger partial charge on any atom is 0.417 e. The summed E-state index contributed by atoms with van der Waals surface area (Å²) in [5.41, 5.74) is 4.73. The fourth-order valence-electron chi connectivity index (χ4n) is 4.83. The summed E-state index contributed by atoms with van der Waals surface area (Å²) in [4.78, 5) is 27.9. The lowest BCUT2D eigenvalue weighted by molar-refractivity contribution is -0.137. The Morgan fingerprint density at radius 3 is 2.45 bits per heavy atom. The van der Waals surface area contributed by atoms with Gasteiger partial charge < -0.3 is 15.5 Å². The zero-order valence-electron chi connectivity index (χ0n) is 17.5. The smallest absolute Gasteiger partial charge is 0.372 e. The fraction of sp³-hybridized carbons (Fsp3) is 0.591. The number of hydrogen-bond acceptors (Lipinski definition) is 4. The van der Waals surface area contributed by atoms with Gasteiger partial charge in [0.05, 0.1) is 23.1 Å². The number of piperidine rings is 1. The van der Waals surface area contributed by atoms with Crippen LogP contribution in [-0.2, 0) is 15.8 Å². The summed E-state index contributed by atoms with van der Waals surface area (Å²) in [6, 6.07) is 5.39. The molecule has 168 valence electrons. The minimum Gasteiger partial charge on any atom is -0.372 e. The molecule has 2 amide bonds. The second-order valence-electron chi connectivity index (χ2n) is 8.39. The standard InChI is InChI=1S/C22H27F3N4O2/c1-2-3-20(30)29-12-17(18(13-29)21(27)31)14-6-8-28(9-7-14)16-5-4-15(11-26)19(10-16)22(23,24)25/h4-5,10,14,17-18H,2-3,6-9,12-13H2,1H3,(H2,27,31)/t17-,18+/m0/s1. The molecule has 0 aliphatic carbocycles. The summed E-state index contributed by atoms with van der Waals surface area (Å²) in [6.45, 7) is 3.87. The van der Waals surface area contributed by atoms with Gasteiger partial charge in [-0.15, -0.1) is 0 Å². The van der Waals surface area contributed by atoms with Crippen molar-refractivity contribution in [3.63, 3.8) is 0 Å². The first-order valence-electron chi connectivity index (χ1n) is 10.6. The molecule has 0 unspecified atom stereocenters. The third kappa shape index (κ3) is 4.94. The average molecular weight is 436 g/mol. The molecule has 2 N–H and O–H groups in total. The van der Waals surface area contributed by atoms with Crippen molar-refractivity contribution >= 4 is 17.5 Å². The van der Waals surface area contributed by atoms with E-state index in [0.29, 0.717) is 51.1 Å². The molecule has 2 aliphatic heterocycles. The maximum absolute atomic E-state index is 13.3. The number of rotatable bonds is 5. The Morgan fingerprint density at radius 2 is 1.90 bits per heavy atom. The predicted molar refractivity (Wildman–Crippen MR) is 109 cm³/mol. The number of hydrogen-bond donors (Lipinski definition) is 1. The van der Waals surface area contributed by atoms with Crippen molar-refractivity contribution in [2.24, 2.45) is 23.5 Å². The molecular formula is C22H27F3N4O2. The van der Waals surface area contributed by atoms with Crippen molar-refractivity contribution in [1.29, 1.82) is 5.26 Å². The molecule has 2 fully saturated rings. The van der Waals surface area contributed by atoms with Crippen LogP contribution in [0, 0.1) is 29.1 Å². The summed E-state index contributed by atoms with van der Waals surface area (Å²) >= 11 is 0. The quantitative estimate of drug-likeness (QED) is 0.768. The topological polar surface area (TPSA) is 90.4 Å². The molecule has 2 saturated heterocycles. The average Bonchev–Trinajstić information content (AvgIpc) is 3.19. The number of nitrogens with two attached hydrogens (primary N) is 1. The second kappa shape index (κ2) is 9.16. The van der Waals surface area contributed by atoms with Gasteiger partial charge in [0.2, 0.25) is 11.8 Å². The van der Waals surface area contributed by atoms with Crippen LogP contribution < -0.4 is 10.6 Å². The molecular weight excluding hydrogens is 409 g/mol. The molecule has 2 heterocycles. The van der Waals surface area contributed by atoms with E-state index in [4.69, 9.17) is 11.0 Å². The largest absolute Gasteiger partial charge is 0.417 e. The minimum atomic E-state index is -4.59. The Morgan fingerprint density at radius 1 is 1.23 bits per heavy atom. The van der Waals surface area contributed by atoms with E-state index in [9.17, 15) is 22.8 Å². The Bertz CT molecular complexity index is 872. The van der Waals surface area contributed by atoms with Gasteiger partial charge in [0, 0.05) is 38.3 Å². The van der Waals surface area contributed by atoms with Gasteiger partial charge in [-0.1, -0.05) is 6.92 Å². The van der Waals surface area contributed by atoms with Crippen LogP contribution in [0.1, 0.15) is 43.7 Å². The third-order valence-electron chi connectivity index (χ3n) is 6.49. The molecule has 31 heavy (non-hydrogen) atoms. The minimum absolute atomic E-state index is 0.0212. The number of nitrogens with zero attached hydrogens (tertiary/aromatic N) is 3. The first-order valence-corrected chi connectivity index (χ1v) is 10.6. The molecule has 9 heteroatoms. The number of likely N-dealkylation sites (tertiary alicyclic amines) is 1. The van der Waals surface area contributed by atoms with E-state index < -0.39 is 23.2 Å². The third-order valence-corrected chi connectivity index (χ3v) is 6.49. The lowest BCUT2D eigenvalue weighted by Crippen LogP contribution is -2.40. The van der Waals surface area contributed by atoms with Crippen LogP contribution in [0.5, 0.6) is 0 Å². The summed E-state index contributed by atoms with van der Waals surface area (Å²) in [5, 5.41) is 8.97. The van der Waals surface area contributed by atoms with Crippen LogP contribution in [0.25, 0.3) is 0 Å². The summed E-state index contributed by atoms with van der Waals surface area (Å²) in [7, 11) is 0. The molecule has 0 aromatic heterocycles. The molecule has 2 aliphatic rings. The van der Waals surface area contributed by atoms with Crippen LogP contribution >= 0.6 is 0 Å². The van der Waals surface area contributed by atoms with Gasteiger partial charge in [0.1, 0.15) is 0 Å². The molecule has 6 nitrogen and oxygen atoms in total. The lowest BCUT2D eigenvalue weighted by Gasteiger charge is -2.37. The van der Waals surface area contributed by atoms with Gasteiger partial charge in [-0.3, -0.25) is 9.59 Å². The summed E-state index contributed by atoms with van der Waals surface area (Å²) in [5.74, 6) is -0.600. The van der Waals surface area contributed by atoms with Crippen molar-refractivity contribution in [2.75, 3.05) is 31.1 Å². The number of anilines is 1. The Hall–Kier alpha value is -2.76. The van der Waals surface area contributed by atoms with Crippen molar-refractivity contribution < 1.29 is 22.8 Å². The van der Waals surface area contributed by atoms with E-state index in [1.807, 2.05) is 11.8 Å². The molecule has 3 rings (SSSR count). The van der Waals surface area contributed by atoms with Gasteiger partial charge in [-0.05, 0) is 49.3 Å². The molecule has 0 radical (unpaired) electrons. The normalized spacial score (nSPS) is 22.4. The number of carbonyl (C=O) groups excluding carboxylic acids is 2. The van der Waals surface area contributed by atoms with Crippen molar-refractivity contribution in [2.45, 2.75) is 38.8 Å². The number of carbonyl (C=O) groups is 2. The summed E-state index contributed by atoms with van der Waals surface area (Å²) in [6.07, 6.45) is -2.01. The highest BCUT2D eigenvalue weighted by molar-refractivity contribution is 5.81. The van der Waals surface area contributed by atoms with Crippen LogP contribution in [0.15, 0.2) is 18.2 Å². The highest BCUT2D eigenvalue weighted by atomic mass is 19.4. The van der Waals surface area contributed by atoms with Gasteiger partial charge >= 0.3 is 6.18 Å². The van der Waals surface area contributed by atoms with Gasteiger partial charge in [-0.25, -0.2) is 0 Å². The van der Waals surface area contributed by atoms with Crippen LogP contribution in [-0.4, -0.2) is 42.9 Å². The van der Waals surface area contributed by atoms with Crippen LogP contribution in [0.3, 0.4) is 0 Å². The second-order valence-corrected chi connectivity index (χ2v) is 8.39. The summed E-state index contributed by atoms with van der Waals surface area (Å²) < 4.78 is 39.8. The zero-order valence-corrected chi connectivity index (χ0v) is 17.5. The van der Waals surface area contributed by atoms with Crippen molar-refractivity contribution in [3.8, 4) is 6.07 Å². The lowest BCUT2D eigenvalue weighted by atomic mass is 9.78. The SMILES string of the molecule is CCCC(=O)N1C[C@@H](C(N)=O)[C@H](C2CCN(c3ccc(C#N)c(C(F)(F)F)c3)CC2)C1. The predicted octanol–water partition coefficient (Wildman–Crippen LogP) is 3.15. The number of halogens is 3. The number of primary amides is 1. The van der Waals surface area contributed by atoms with Gasteiger partial charge in [0.25, 0.3) is 0 Å². The molecule has 1 aromatic rings. The first kappa shape index (κ1) is 22.9. The Kier molecular flexibility index (Phi) is 6.77. The van der Waals surface area contributed by atoms with E-state index in [1.54, 1.807) is 17.0 Å². The van der Waals surface area contributed by atoms with E-state index in [-0.39, 0.29) is 23.7 Å². The number of alkyl halides is 3. The molecule has 0 spiro atoms. The van der Waals surface area contributed by atoms with E-state index in [2.05, 4.69) is 0 Å². The highest BCUT2D eigenvalue weighted by Crippen LogP contribution is 2.39. The fourth-order valence-corrected chi connectivity index (χ4v) is 4.83. The van der Waals surface area contributed by atoms with E-state index >= 15 is 0 Å². The van der Waals surface area contributed by atoms with Crippen LogP contribution in [0.4, 0.5) is 18.9 Å². The molecule has 0 bridgehead atoms. The van der Waals surface area contributed by atoms with E-state index in [0.717, 1.165) is 12.5 Å². The van der Waals surface area contributed by atoms with E-state index in [1.165, 1.54) is 6.07 Å². The number of benzene rings is 1.